The number of halogens is 1. The molecule has 0 heterocycles. The molecule has 0 aliphatic heterocycles. The zero-order chi connectivity index (χ0) is 14.3. The fourth-order valence-electron chi connectivity index (χ4n) is 1.44. The van der Waals surface area contributed by atoms with Crippen molar-refractivity contribution in [2.24, 2.45) is 0 Å². The molecule has 0 aliphatic carbocycles. The van der Waals surface area contributed by atoms with Crippen LogP contribution < -0.4 is 10.6 Å². The number of hydrogen-bond donors (Lipinski definition) is 2. The van der Waals surface area contributed by atoms with Crippen LogP contribution in [0.3, 0.4) is 0 Å². The minimum absolute atomic E-state index is 0.118. The van der Waals surface area contributed by atoms with Gasteiger partial charge in [-0.25, -0.2) is 0 Å². The number of rotatable bonds is 7. The molecule has 0 saturated heterocycles. The SMILES string of the molecule is CC(CCNCC(=O)Nc1cccc(Cl)c1)S(C)=O. The van der Waals surface area contributed by atoms with Crippen LogP contribution in [0.1, 0.15) is 13.3 Å². The molecule has 0 saturated carbocycles. The maximum atomic E-state index is 11.6. The van der Waals surface area contributed by atoms with E-state index in [4.69, 9.17) is 11.6 Å². The highest BCUT2D eigenvalue weighted by molar-refractivity contribution is 7.84. The average molecular weight is 303 g/mol. The van der Waals surface area contributed by atoms with Crippen molar-refractivity contribution in [2.75, 3.05) is 24.7 Å². The molecule has 0 fully saturated rings. The lowest BCUT2D eigenvalue weighted by Gasteiger charge is -2.09. The molecular formula is C13H19ClN2O2S. The van der Waals surface area contributed by atoms with E-state index in [2.05, 4.69) is 10.6 Å². The van der Waals surface area contributed by atoms with E-state index in [0.717, 1.165) is 6.42 Å². The third kappa shape index (κ3) is 6.71. The van der Waals surface area contributed by atoms with Crippen LogP contribution in [0.2, 0.25) is 5.02 Å². The predicted octanol–water partition coefficient (Wildman–Crippen LogP) is 2.03. The summed E-state index contributed by atoms with van der Waals surface area (Å²) in [6.07, 6.45) is 2.48. The van der Waals surface area contributed by atoms with E-state index in [9.17, 15) is 9.00 Å². The molecule has 106 valence electrons. The fourth-order valence-corrected chi connectivity index (χ4v) is 2.08. The van der Waals surface area contributed by atoms with Crippen molar-refractivity contribution in [1.29, 1.82) is 0 Å². The van der Waals surface area contributed by atoms with Gasteiger partial charge in [-0.15, -0.1) is 0 Å². The maximum absolute atomic E-state index is 11.6. The Hall–Kier alpha value is -0.910. The molecule has 2 atom stereocenters. The second-order valence-electron chi connectivity index (χ2n) is 4.33. The standard InChI is InChI=1S/C13H19ClN2O2S/c1-10(19(2)18)6-7-15-9-13(17)16-12-5-3-4-11(14)8-12/h3-5,8,10,15H,6-7,9H2,1-2H3,(H,16,17). The Morgan fingerprint density at radius 2 is 2.21 bits per heavy atom. The minimum Gasteiger partial charge on any atom is -0.325 e. The number of anilines is 1. The van der Waals surface area contributed by atoms with Crippen LogP contribution in [0.4, 0.5) is 5.69 Å². The van der Waals surface area contributed by atoms with Gasteiger partial charge in [0.25, 0.3) is 0 Å². The quantitative estimate of drug-likeness (QED) is 0.758. The largest absolute Gasteiger partial charge is 0.325 e. The van der Waals surface area contributed by atoms with Crippen LogP contribution in [0.5, 0.6) is 0 Å². The van der Waals surface area contributed by atoms with Gasteiger partial charge in [0.2, 0.25) is 5.91 Å². The topological polar surface area (TPSA) is 58.2 Å². The fraction of sp³-hybridized carbons (Fsp3) is 0.462. The zero-order valence-corrected chi connectivity index (χ0v) is 12.7. The lowest BCUT2D eigenvalue weighted by atomic mass is 10.3. The lowest BCUT2D eigenvalue weighted by molar-refractivity contribution is -0.115. The summed E-state index contributed by atoms with van der Waals surface area (Å²) in [5, 5.41) is 6.50. The summed E-state index contributed by atoms with van der Waals surface area (Å²) >= 11 is 5.82. The molecule has 6 heteroatoms. The van der Waals surface area contributed by atoms with Crippen molar-refractivity contribution in [3.05, 3.63) is 29.3 Å². The summed E-state index contributed by atoms with van der Waals surface area (Å²) in [7, 11) is -0.814. The van der Waals surface area contributed by atoms with Crippen molar-refractivity contribution in [3.63, 3.8) is 0 Å². The van der Waals surface area contributed by atoms with Gasteiger partial charge in [0, 0.05) is 33.0 Å². The number of amides is 1. The second-order valence-corrected chi connectivity index (χ2v) is 6.57. The molecular weight excluding hydrogens is 284 g/mol. The summed E-state index contributed by atoms with van der Waals surface area (Å²) in [5.41, 5.74) is 0.683. The highest BCUT2D eigenvalue weighted by Crippen LogP contribution is 2.14. The number of carbonyl (C=O) groups is 1. The predicted molar refractivity (Wildman–Crippen MR) is 81.1 cm³/mol. The molecule has 1 aromatic rings. The number of carbonyl (C=O) groups excluding carboxylic acids is 1. The molecule has 0 spiro atoms. The molecule has 19 heavy (non-hydrogen) atoms. The molecule has 4 nitrogen and oxygen atoms in total. The summed E-state index contributed by atoms with van der Waals surface area (Å²) < 4.78 is 11.1. The van der Waals surface area contributed by atoms with E-state index in [1.54, 1.807) is 30.5 Å². The summed E-state index contributed by atoms with van der Waals surface area (Å²) in [6.45, 7) is 2.84. The van der Waals surface area contributed by atoms with Crippen LogP contribution in [0.15, 0.2) is 24.3 Å². The number of benzene rings is 1. The van der Waals surface area contributed by atoms with Crippen molar-refractivity contribution in [2.45, 2.75) is 18.6 Å². The van der Waals surface area contributed by atoms with E-state index >= 15 is 0 Å². The van der Waals surface area contributed by atoms with Crippen molar-refractivity contribution >= 4 is 34.0 Å². The van der Waals surface area contributed by atoms with Gasteiger partial charge in [-0.2, -0.15) is 0 Å². The third-order valence-electron chi connectivity index (χ3n) is 2.69. The number of nitrogens with one attached hydrogen (secondary N) is 2. The molecule has 0 aliphatic rings. The molecule has 0 bridgehead atoms. The smallest absolute Gasteiger partial charge is 0.238 e. The normalized spacial score (nSPS) is 13.8. The summed E-state index contributed by atoms with van der Waals surface area (Å²) in [5.74, 6) is -0.118. The van der Waals surface area contributed by atoms with Crippen LogP contribution >= 0.6 is 11.6 Å². The molecule has 1 aromatic carbocycles. The van der Waals surface area contributed by atoms with Crippen LogP contribution in [0.25, 0.3) is 0 Å². The zero-order valence-electron chi connectivity index (χ0n) is 11.1. The monoisotopic (exact) mass is 302 g/mol. The molecule has 1 amide bonds. The van der Waals surface area contributed by atoms with Crippen molar-refractivity contribution < 1.29 is 9.00 Å². The lowest BCUT2D eigenvalue weighted by Crippen LogP contribution is -2.30. The van der Waals surface area contributed by atoms with E-state index in [-0.39, 0.29) is 17.7 Å². The van der Waals surface area contributed by atoms with Gasteiger partial charge in [-0.3, -0.25) is 9.00 Å². The molecule has 2 unspecified atom stereocenters. The molecule has 2 N–H and O–H groups in total. The summed E-state index contributed by atoms with van der Waals surface area (Å²) in [6, 6.07) is 7.01. The van der Waals surface area contributed by atoms with E-state index < -0.39 is 10.8 Å². The van der Waals surface area contributed by atoms with Gasteiger partial charge in [-0.1, -0.05) is 24.6 Å². The third-order valence-corrected chi connectivity index (χ3v) is 4.29. The highest BCUT2D eigenvalue weighted by atomic mass is 35.5. The Bertz CT molecular complexity index is 454. The van der Waals surface area contributed by atoms with Gasteiger partial charge in [0.05, 0.1) is 6.54 Å². The van der Waals surface area contributed by atoms with Gasteiger partial charge in [0.1, 0.15) is 0 Å². The van der Waals surface area contributed by atoms with Gasteiger partial charge >= 0.3 is 0 Å². The first kappa shape index (κ1) is 16.1. The summed E-state index contributed by atoms with van der Waals surface area (Å²) in [4.78, 5) is 11.6. The van der Waals surface area contributed by atoms with E-state index in [1.807, 2.05) is 6.92 Å². The Morgan fingerprint density at radius 1 is 1.47 bits per heavy atom. The first-order chi connectivity index (χ1) is 8.99. The van der Waals surface area contributed by atoms with E-state index in [1.165, 1.54) is 0 Å². The van der Waals surface area contributed by atoms with Crippen molar-refractivity contribution in [1.82, 2.24) is 5.32 Å². The molecule has 0 aromatic heterocycles. The first-order valence-corrected chi connectivity index (χ1v) is 8.07. The van der Waals surface area contributed by atoms with Crippen molar-refractivity contribution in [3.8, 4) is 0 Å². The first-order valence-electron chi connectivity index (χ1n) is 6.07. The van der Waals surface area contributed by atoms with Gasteiger partial charge in [-0.05, 0) is 31.2 Å². The highest BCUT2D eigenvalue weighted by Gasteiger charge is 2.06. The van der Waals surface area contributed by atoms with Gasteiger partial charge < -0.3 is 10.6 Å². The van der Waals surface area contributed by atoms with E-state index in [0.29, 0.717) is 17.3 Å². The van der Waals surface area contributed by atoms with Crippen LogP contribution in [0, 0.1) is 0 Å². The Kier molecular flexibility index (Phi) is 7.05. The van der Waals surface area contributed by atoms with Gasteiger partial charge in [0.15, 0.2) is 0 Å². The molecule has 0 radical (unpaired) electrons. The number of hydrogen-bond acceptors (Lipinski definition) is 3. The van der Waals surface area contributed by atoms with Crippen LogP contribution in [-0.4, -0.2) is 34.7 Å². The Labute approximate surface area is 121 Å². The second kappa shape index (κ2) is 8.30. The molecule has 1 rings (SSSR count). The Morgan fingerprint density at radius 3 is 2.84 bits per heavy atom. The van der Waals surface area contributed by atoms with Crippen LogP contribution in [-0.2, 0) is 15.6 Å². The Balaban J connectivity index is 2.23. The minimum atomic E-state index is -0.814. The average Bonchev–Trinajstić information content (AvgIpc) is 2.34. The maximum Gasteiger partial charge on any atom is 0.238 e.